The Morgan fingerprint density at radius 1 is 1.07 bits per heavy atom. The lowest BCUT2D eigenvalue weighted by Gasteiger charge is -2.24. The number of aliphatic hydroxyl groups excluding tert-OH is 1. The summed E-state index contributed by atoms with van der Waals surface area (Å²) in [6, 6.07) is 16.7. The number of hydrogen-bond donors (Lipinski definition) is 1. The van der Waals surface area contributed by atoms with Gasteiger partial charge in [-0.2, -0.15) is 0 Å². The van der Waals surface area contributed by atoms with E-state index >= 15 is 0 Å². The molecule has 3 aromatic rings. The average molecular weight is 408 g/mol. The average Bonchev–Trinajstić information content (AvgIpc) is 3.31. The van der Waals surface area contributed by atoms with Gasteiger partial charge >= 0.3 is 0 Å². The molecule has 0 saturated carbocycles. The summed E-state index contributed by atoms with van der Waals surface area (Å²) in [6.45, 7) is 2.07. The summed E-state index contributed by atoms with van der Waals surface area (Å²) in [5.41, 5.74) is 2.25. The minimum absolute atomic E-state index is 0.0488. The monoisotopic (exact) mass is 407 g/mol. The lowest BCUT2D eigenvalue weighted by molar-refractivity contribution is -0.140. The quantitative estimate of drug-likeness (QED) is 0.381. The van der Waals surface area contributed by atoms with Crippen LogP contribution in [0.15, 0.2) is 76.9 Å². The lowest BCUT2D eigenvalue weighted by atomic mass is 9.94. The summed E-state index contributed by atoms with van der Waals surface area (Å²) in [5.74, 6) is -1.08. The maximum absolute atomic E-state index is 12.9. The number of carbonyl (C=O) groups is 2. The summed E-state index contributed by atoms with van der Waals surface area (Å²) >= 11 is 5.93. The van der Waals surface area contributed by atoms with Crippen molar-refractivity contribution in [1.82, 2.24) is 4.90 Å². The number of nitrogens with zero attached hydrogens (tertiary/aromatic N) is 1. The molecule has 1 aliphatic rings. The van der Waals surface area contributed by atoms with Gasteiger partial charge < -0.3 is 14.4 Å². The standard InChI is InChI=1S/C23H18ClNO4/c1-14-4-6-15(7-5-14)20-19(21(26)16-8-10-17(24)11-9-16)22(27)23(28)25(20)13-18-3-2-12-29-18/h2-12,20,26H,13H2,1H3/b21-19-. The van der Waals surface area contributed by atoms with Crippen molar-refractivity contribution in [2.45, 2.75) is 19.5 Å². The van der Waals surface area contributed by atoms with Crippen LogP contribution in [0.25, 0.3) is 5.76 Å². The number of halogens is 1. The van der Waals surface area contributed by atoms with Gasteiger partial charge in [0.2, 0.25) is 0 Å². The molecule has 0 aliphatic carbocycles. The highest BCUT2D eigenvalue weighted by Gasteiger charge is 2.46. The first kappa shape index (κ1) is 19.0. The summed E-state index contributed by atoms with van der Waals surface area (Å²) < 4.78 is 5.38. The Bertz CT molecular complexity index is 1080. The Kier molecular flexibility index (Phi) is 4.99. The molecule has 29 heavy (non-hydrogen) atoms. The smallest absolute Gasteiger partial charge is 0.296 e. The van der Waals surface area contributed by atoms with Gasteiger partial charge in [0, 0.05) is 10.6 Å². The summed E-state index contributed by atoms with van der Waals surface area (Å²) in [6.07, 6.45) is 1.51. The lowest BCUT2D eigenvalue weighted by Crippen LogP contribution is -2.29. The van der Waals surface area contributed by atoms with Crippen LogP contribution in [0.2, 0.25) is 5.02 Å². The van der Waals surface area contributed by atoms with Crippen molar-refractivity contribution in [3.8, 4) is 0 Å². The zero-order valence-electron chi connectivity index (χ0n) is 15.6. The molecule has 5 nitrogen and oxygen atoms in total. The maximum Gasteiger partial charge on any atom is 0.296 e. The summed E-state index contributed by atoms with van der Waals surface area (Å²) in [4.78, 5) is 27.2. The molecule has 1 amide bonds. The van der Waals surface area contributed by atoms with Crippen molar-refractivity contribution in [3.63, 3.8) is 0 Å². The van der Waals surface area contributed by atoms with E-state index in [9.17, 15) is 14.7 Å². The molecule has 1 fully saturated rings. The SMILES string of the molecule is Cc1ccc(C2/C(=C(/O)c3ccc(Cl)cc3)C(=O)C(=O)N2Cc2ccco2)cc1. The molecule has 4 rings (SSSR count). The van der Waals surface area contributed by atoms with Crippen LogP contribution in [0.1, 0.15) is 28.5 Å². The van der Waals surface area contributed by atoms with E-state index in [1.807, 2.05) is 31.2 Å². The van der Waals surface area contributed by atoms with Crippen LogP contribution >= 0.6 is 11.6 Å². The predicted molar refractivity (Wildman–Crippen MR) is 109 cm³/mol. The van der Waals surface area contributed by atoms with E-state index in [2.05, 4.69) is 0 Å². The van der Waals surface area contributed by atoms with Crippen molar-refractivity contribution in [1.29, 1.82) is 0 Å². The van der Waals surface area contributed by atoms with Crippen LogP contribution in [0, 0.1) is 6.92 Å². The molecule has 0 bridgehead atoms. The van der Waals surface area contributed by atoms with Crippen molar-refractivity contribution in [2.24, 2.45) is 0 Å². The van der Waals surface area contributed by atoms with Crippen molar-refractivity contribution in [2.75, 3.05) is 0 Å². The Balaban J connectivity index is 1.86. The van der Waals surface area contributed by atoms with E-state index < -0.39 is 17.7 Å². The first-order valence-corrected chi connectivity index (χ1v) is 9.47. The molecule has 2 aromatic carbocycles. The van der Waals surface area contributed by atoms with Crippen LogP contribution in [-0.2, 0) is 16.1 Å². The zero-order valence-corrected chi connectivity index (χ0v) is 16.4. The minimum Gasteiger partial charge on any atom is -0.507 e. The van der Waals surface area contributed by atoms with Crippen molar-refractivity contribution in [3.05, 3.63) is 100.0 Å². The van der Waals surface area contributed by atoms with E-state index in [1.54, 1.807) is 36.4 Å². The molecule has 1 unspecified atom stereocenters. The third kappa shape index (κ3) is 3.57. The Morgan fingerprint density at radius 2 is 1.76 bits per heavy atom. The number of amides is 1. The fourth-order valence-electron chi connectivity index (χ4n) is 3.47. The molecule has 1 saturated heterocycles. The molecule has 2 heterocycles. The molecular formula is C23H18ClNO4. The second kappa shape index (κ2) is 7.60. The molecule has 1 N–H and O–H groups in total. The maximum atomic E-state index is 12.9. The second-order valence-corrected chi connectivity index (χ2v) is 7.36. The number of likely N-dealkylation sites (tertiary alicyclic amines) is 1. The summed E-state index contributed by atoms with van der Waals surface area (Å²) in [5, 5.41) is 11.5. The van der Waals surface area contributed by atoms with E-state index in [4.69, 9.17) is 16.0 Å². The van der Waals surface area contributed by atoms with Gasteiger partial charge in [0.05, 0.1) is 24.4 Å². The van der Waals surface area contributed by atoms with E-state index in [0.29, 0.717) is 16.3 Å². The number of hydrogen-bond acceptors (Lipinski definition) is 4. The van der Waals surface area contributed by atoms with Gasteiger partial charge in [0.1, 0.15) is 11.5 Å². The van der Waals surface area contributed by atoms with Crippen LogP contribution in [0.5, 0.6) is 0 Å². The number of carbonyl (C=O) groups excluding carboxylic acids is 2. The van der Waals surface area contributed by atoms with Gasteiger partial charge in [-0.3, -0.25) is 9.59 Å². The largest absolute Gasteiger partial charge is 0.507 e. The predicted octanol–water partition coefficient (Wildman–Crippen LogP) is 4.86. The van der Waals surface area contributed by atoms with Gasteiger partial charge in [-0.15, -0.1) is 0 Å². The van der Waals surface area contributed by atoms with Crippen LogP contribution < -0.4 is 0 Å². The number of ketones is 1. The third-order valence-corrected chi connectivity index (χ3v) is 5.21. The van der Waals surface area contributed by atoms with Gasteiger partial charge in [0.25, 0.3) is 11.7 Å². The fraction of sp³-hybridized carbons (Fsp3) is 0.130. The van der Waals surface area contributed by atoms with E-state index in [1.165, 1.54) is 11.2 Å². The Morgan fingerprint density at radius 3 is 2.38 bits per heavy atom. The van der Waals surface area contributed by atoms with Crippen LogP contribution in [0.3, 0.4) is 0 Å². The molecular weight excluding hydrogens is 390 g/mol. The molecule has 6 heteroatoms. The molecule has 1 aromatic heterocycles. The number of rotatable bonds is 4. The van der Waals surface area contributed by atoms with Gasteiger partial charge in [-0.25, -0.2) is 0 Å². The summed E-state index contributed by atoms with van der Waals surface area (Å²) in [7, 11) is 0. The Hall–Kier alpha value is -3.31. The van der Waals surface area contributed by atoms with Crippen LogP contribution in [-0.4, -0.2) is 21.7 Å². The topological polar surface area (TPSA) is 70.8 Å². The highest BCUT2D eigenvalue weighted by atomic mass is 35.5. The number of aliphatic hydroxyl groups is 1. The van der Waals surface area contributed by atoms with Crippen molar-refractivity contribution >= 4 is 29.1 Å². The zero-order chi connectivity index (χ0) is 20.5. The normalized spacial score (nSPS) is 18.4. The number of aryl methyl sites for hydroxylation is 1. The third-order valence-electron chi connectivity index (χ3n) is 4.96. The van der Waals surface area contributed by atoms with Gasteiger partial charge in [-0.1, -0.05) is 41.4 Å². The minimum atomic E-state index is -0.727. The molecule has 1 aliphatic heterocycles. The fourth-order valence-corrected chi connectivity index (χ4v) is 3.60. The van der Waals surface area contributed by atoms with Crippen molar-refractivity contribution < 1.29 is 19.1 Å². The Labute approximate surface area is 172 Å². The first-order valence-electron chi connectivity index (χ1n) is 9.09. The highest BCUT2D eigenvalue weighted by molar-refractivity contribution is 6.46. The van der Waals surface area contributed by atoms with Gasteiger partial charge in [0.15, 0.2) is 0 Å². The van der Waals surface area contributed by atoms with E-state index in [-0.39, 0.29) is 17.9 Å². The molecule has 0 radical (unpaired) electrons. The van der Waals surface area contributed by atoms with Gasteiger partial charge in [-0.05, 0) is 48.9 Å². The second-order valence-electron chi connectivity index (χ2n) is 6.92. The highest BCUT2D eigenvalue weighted by Crippen LogP contribution is 2.40. The van der Waals surface area contributed by atoms with Crippen LogP contribution in [0.4, 0.5) is 0 Å². The first-order chi connectivity index (χ1) is 14.0. The number of Topliss-reactive ketones (excluding diaryl/α,β-unsaturated/α-hetero) is 1. The van der Waals surface area contributed by atoms with E-state index in [0.717, 1.165) is 11.1 Å². The molecule has 1 atom stereocenters. The molecule has 0 spiro atoms. The number of furan rings is 1. The number of benzene rings is 2. The molecule has 146 valence electrons.